The summed E-state index contributed by atoms with van der Waals surface area (Å²) in [5, 5.41) is 11.0. The van der Waals surface area contributed by atoms with Crippen molar-refractivity contribution in [2.24, 2.45) is 0 Å². The molecule has 0 saturated heterocycles. The Balaban J connectivity index is 1.34. The fraction of sp³-hybridized carbons (Fsp3) is 0.375. The molecule has 0 spiro atoms. The number of pyridine rings is 1. The Hall–Kier alpha value is -2.48. The van der Waals surface area contributed by atoms with Crippen LogP contribution in [0.4, 0.5) is 10.5 Å². The number of anilines is 1. The van der Waals surface area contributed by atoms with Crippen molar-refractivity contribution < 1.29 is 4.79 Å². The number of hydrogen-bond donors (Lipinski definition) is 2. The maximum atomic E-state index is 12.1. The van der Waals surface area contributed by atoms with E-state index in [1.54, 1.807) is 22.0 Å². The van der Waals surface area contributed by atoms with E-state index in [-0.39, 0.29) is 6.03 Å². The van der Waals surface area contributed by atoms with Gasteiger partial charge in [-0.1, -0.05) is 0 Å². The van der Waals surface area contributed by atoms with Crippen molar-refractivity contribution in [2.75, 3.05) is 11.9 Å². The van der Waals surface area contributed by atoms with Gasteiger partial charge in [0.2, 0.25) is 0 Å². The largest absolute Gasteiger partial charge is 0.337 e. The molecule has 0 aromatic carbocycles. The van der Waals surface area contributed by atoms with Crippen molar-refractivity contribution in [3.63, 3.8) is 0 Å². The van der Waals surface area contributed by atoms with E-state index in [4.69, 9.17) is 0 Å². The predicted octanol–water partition coefficient (Wildman–Crippen LogP) is 2.35. The lowest BCUT2D eigenvalue weighted by molar-refractivity contribution is 0.252. The molecule has 2 amide bonds. The summed E-state index contributed by atoms with van der Waals surface area (Å²) in [6.45, 7) is 2.38. The van der Waals surface area contributed by atoms with Gasteiger partial charge in [0.1, 0.15) is 5.82 Å². The Labute approximate surface area is 143 Å². The fourth-order valence-corrected chi connectivity index (χ4v) is 4.07. The molecule has 2 N–H and O–H groups in total. The van der Waals surface area contributed by atoms with E-state index < -0.39 is 0 Å². The number of rotatable bonds is 4. The molecule has 8 heteroatoms. The number of nitrogens with zero attached hydrogens (tertiary/aromatic N) is 4. The topological polar surface area (TPSA) is 84.2 Å². The molecule has 7 nitrogen and oxygen atoms in total. The third-order valence-electron chi connectivity index (χ3n) is 3.98. The second kappa shape index (κ2) is 6.20. The number of amides is 2. The van der Waals surface area contributed by atoms with Crippen LogP contribution in [0, 0.1) is 6.92 Å². The maximum Gasteiger partial charge on any atom is 0.319 e. The Kier molecular flexibility index (Phi) is 3.89. The number of thiazole rings is 1. The van der Waals surface area contributed by atoms with Gasteiger partial charge in [-0.2, -0.15) is 5.10 Å². The van der Waals surface area contributed by atoms with E-state index >= 15 is 0 Å². The monoisotopic (exact) mass is 342 g/mol. The number of carbonyl (C=O) groups is 1. The van der Waals surface area contributed by atoms with Crippen LogP contribution < -0.4 is 10.6 Å². The highest BCUT2D eigenvalue weighted by Crippen LogP contribution is 2.27. The zero-order valence-corrected chi connectivity index (χ0v) is 14.2. The highest BCUT2D eigenvalue weighted by Gasteiger charge is 2.16. The summed E-state index contributed by atoms with van der Waals surface area (Å²) < 4.78 is 1.65. The lowest BCUT2D eigenvalue weighted by Crippen LogP contribution is -2.30. The quantitative estimate of drug-likeness (QED) is 0.762. The molecular weight excluding hydrogens is 324 g/mol. The summed E-state index contributed by atoms with van der Waals surface area (Å²) in [5.41, 5.74) is 2.54. The van der Waals surface area contributed by atoms with Gasteiger partial charge in [0.25, 0.3) is 0 Å². The van der Waals surface area contributed by atoms with Crippen molar-refractivity contribution in [1.29, 1.82) is 0 Å². The normalized spacial score (nSPS) is 13.2. The predicted molar refractivity (Wildman–Crippen MR) is 92.6 cm³/mol. The van der Waals surface area contributed by atoms with Crippen LogP contribution in [-0.4, -0.2) is 32.2 Å². The summed E-state index contributed by atoms with van der Waals surface area (Å²) in [6.07, 6.45) is 6.05. The van der Waals surface area contributed by atoms with Crippen LogP contribution in [0.2, 0.25) is 0 Å². The van der Waals surface area contributed by atoms with Gasteiger partial charge in [0, 0.05) is 24.0 Å². The van der Waals surface area contributed by atoms with E-state index in [1.165, 1.54) is 17.0 Å². The molecular formula is C16H18N6OS. The average molecular weight is 342 g/mol. The average Bonchev–Trinajstić information content (AvgIpc) is 3.21. The second-order valence-corrected chi connectivity index (χ2v) is 6.98. The van der Waals surface area contributed by atoms with Crippen molar-refractivity contribution >= 4 is 28.7 Å². The molecule has 0 aliphatic heterocycles. The molecule has 0 bridgehead atoms. The third kappa shape index (κ3) is 2.96. The Morgan fingerprint density at radius 2 is 2.29 bits per heavy atom. The molecule has 3 aromatic rings. The van der Waals surface area contributed by atoms with Crippen LogP contribution in [0.5, 0.6) is 0 Å². The molecule has 3 aromatic heterocycles. The molecule has 0 unspecified atom stereocenters. The summed E-state index contributed by atoms with van der Waals surface area (Å²) in [4.78, 5) is 22.5. The minimum Gasteiger partial charge on any atom is -0.337 e. The number of carbonyl (C=O) groups excluding carboxylic acids is 1. The number of hydrogen-bond acceptors (Lipinski definition) is 5. The van der Waals surface area contributed by atoms with E-state index in [9.17, 15) is 4.79 Å². The molecule has 4 rings (SSSR count). The highest BCUT2D eigenvalue weighted by molar-refractivity contribution is 7.11. The smallest absolute Gasteiger partial charge is 0.319 e. The first-order valence-electron chi connectivity index (χ1n) is 8.03. The zero-order valence-electron chi connectivity index (χ0n) is 13.4. The van der Waals surface area contributed by atoms with Gasteiger partial charge >= 0.3 is 6.03 Å². The molecule has 0 radical (unpaired) electrons. The van der Waals surface area contributed by atoms with Gasteiger partial charge in [0.15, 0.2) is 5.65 Å². The van der Waals surface area contributed by atoms with Crippen LogP contribution in [0.3, 0.4) is 0 Å². The molecule has 1 aliphatic carbocycles. The first kappa shape index (κ1) is 15.1. The summed E-state index contributed by atoms with van der Waals surface area (Å²) in [6, 6.07) is 3.40. The SMILES string of the molecule is Cc1nc2c(NC(=O)NCCc3nc4c(s3)CCC4)cccn2n1. The van der Waals surface area contributed by atoms with Gasteiger partial charge in [-0.15, -0.1) is 11.3 Å². The summed E-state index contributed by atoms with van der Waals surface area (Å²) in [7, 11) is 0. The summed E-state index contributed by atoms with van der Waals surface area (Å²) in [5.74, 6) is 0.668. The van der Waals surface area contributed by atoms with Crippen LogP contribution in [0.1, 0.15) is 27.8 Å². The van der Waals surface area contributed by atoms with Crippen molar-refractivity contribution in [3.05, 3.63) is 39.7 Å². The van der Waals surface area contributed by atoms with Crippen molar-refractivity contribution in [1.82, 2.24) is 24.9 Å². The first-order valence-corrected chi connectivity index (χ1v) is 8.85. The number of fused-ring (bicyclic) bond motifs is 2. The van der Waals surface area contributed by atoms with Crippen LogP contribution in [-0.2, 0) is 19.3 Å². The number of nitrogens with one attached hydrogen (secondary N) is 2. The fourth-order valence-electron chi connectivity index (χ4n) is 2.91. The summed E-state index contributed by atoms with van der Waals surface area (Å²) >= 11 is 1.78. The third-order valence-corrected chi connectivity index (χ3v) is 5.20. The standard InChI is InChI=1S/C16H18N6OS/c1-10-18-15-12(5-3-9-22(15)21-10)20-16(23)17-8-7-14-19-11-4-2-6-13(11)24-14/h3,5,9H,2,4,6-8H2,1H3,(H2,17,20,23). The zero-order chi connectivity index (χ0) is 16.5. The van der Waals surface area contributed by atoms with Gasteiger partial charge in [0.05, 0.1) is 16.4 Å². The lowest BCUT2D eigenvalue weighted by atomic mass is 10.3. The molecule has 0 fully saturated rings. The van der Waals surface area contributed by atoms with Crippen molar-refractivity contribution in [3.8, 4) is 0 Å². The molecule has 0 saturated carbocycles. The van der Waals surface area contributed by atoms with Crippen molar-refractivity contribution in [2.45, 2.75) is 32.6 Å². The van der Waals surface area contributed by atoms with E-state index in [0.717, 1.165) is 24.3 Å². The van der Waals surface area contributed by atoms with Crippen LogP contribution in [0.15, 0.2) is 18.3 Å². The van der Waals surface area contributed by atoms with E-state index in [2.05, 4.69) is 25.7 Å². The number of aryl methyl sites for hydroxylation is 3. The first-order chi connectivity index (χ1) is 11.7. The molecule has 0 atom stereocenters. The highest BCUT2D eigenvalue weighted by atomic mass is 32.1. The minimum absolute atomic E-state index is 0.243. The molecule has 1 aliphatic rings. The van der Waals surface area contributed by atoms with E-state index in [1.807, 2.05) is 19.1 Å². The molecule has 24 heavy (non-hydrogen) atoms. The molecule has 3 heterocycles. The number of urea groups is 1. The van der Waals surface area contributed by atoms with E-state index in [0.29, 0.717) is 23.7 Å². The minimum atomic E-state index is -0.243. The Bertz CT molecular complexity index is 878. The maximum absolute atomic E-state index is 12.1. The van der Waals surface area contributed by atoms with Crippen LogP contribution >= 0.6 is 11.3 Å². The Morgan fingerprint density at radius 3 is 3.17 bits per heavy atom. The van der Waals surface area contributed by atoms with Gasteiger partial charge < -0.3 is 10.6 Å². The molecule has 124 valence electrons. The van der Waals surface area contributed by atoms with Gasteiger partial charge in [-0.25, -0.2) is 19.3 Å². The Morgan fingerprint density at radius 1 is 1.38 bits per heavy atom. The second-order valence-electron chi connectivity index (χ2n) is 5.81. The number of aromatic nitrogens is 4. The van der Waals surface area contributed by atoms with Gasteiger partial charge in [-0.3, -0.25) is 0 Å². The van der Waals surface area contributed by atoms with Gasteiger partial charge in [-0.05, 0) is 38.3 Å². The lowest BCUT2D eigenvalue weighted by Gasteiger charge is -2.07. The van der Waals surface area contributed by atoms with Crippen LogP contribution in [0.25, 0.3) is 5.65 Å².